The zero-order chi connectivity index (χ0) is 43.6. The lowest BCUT2D eigenvalue weighted by Crippen LogP contribution is -2.61. The van der Waals surface area contributed by atoms with E-state index in [4.69, 9.17) is 9.47 Å². The molecular weight excluding hydrogens is 779 g/mol. The summed E-state index contributed by atoms with van der Waals surface area (Å²) >= 11 is 0. The van der Waals surface area contributed by atoms with Gasteiger partial charge in [0, 0.05) is 0 Å². The summed E-state index contributed by atoms with van der Waals surface area (Å²) in [5, 5.41) is 55.1. The van der Waals surface area contributed by atoms with Crippen LogP contribution in [-0.4, -0.2) is 107 Å². The Labute approximate surface area is 357 Å². The molecule has 1 saturated heterocycles. The van der Waals surface area contributed by atoms with Gasteiger partial charge in [-0.3, -0.25) is 9.35 Å². The van der Waals surface area contributed by atoms with Crippen molar-refractivity contribution in [3.63, 3.8) is 0 Å². The van der Waals surface area contributed by atoms with Crippen molar-refractivity contribution in [1.29, 1.82) is 0 Å². The Balaban J connectivity index is 2.64. The molecule has 346 valence electrons. The lowest BCUT2D eigenvalue weighted by Gasteiger charge is -2.41. The highest BCUT2D eigenvalue weighted by molar-refractivity contribution is 7.80. The van der Waals surface area contributed by atoms with Crippen molar-refractivity contribution in [2.24, 2.45) is 0 Å². The van der Waals surface area contributed by atoms with E-state index >= 15 is 0 Å². The first-order valence-electron chi connectivity index (χ1n) is 23.0. The zero-order valence-corrected chi connectivity index (χ0v) is 37.2. The number of carbonyl (C=O) groups excluding carboxylic acids is 1. The average Bonchev–Trinajstić information content (AvgIpc) is 3.20. The van der Waals surface area contributed by atoms with Crippen LogP contribution in [0.4, 0.5) is 0 Å². The van der Waals surface area contributed by atoms with Crippen molar-refractivity contribution in [2.45, 2.75) is 230 Å². The van der Waals surface area contributed by atoms with Crippen LogP contribution in [0.25, 0.3) is 0 Å². The van der Waals surface area contributed by atoms with Gasteiger partial charge in [0.2, 0.25) is 5.91 Å². The van der Waals surface area contributed by atoms with Crippen LogP contribution in [-0.2, 0) is 28.9 Å². The van der Waals surface area contributed by atoms with Gasteiger partial charge in [-0.2, -0.15) is 8.42 Å². The number of nitrogens with one attached hydrogen (secondary N) is 1. The Kier molecular flexibility index (Phi) is 33.6. The second-order valence-corrected chi connectivity index (χ2v) is 17.2. The van der Waals surface area contributed by atoms with E-state index in [2.05, 4.69) is 47.7 Å². The Morgan fingerprint density at radius 2 is 1.14 bits per heavy atom. The molecule has 1 amide bonds. The predicted molar refractivity (Wildman–Crippen MR) is 233 cm³/mol. The van der Waals surface area contributed by atoms with Crippen LogP contribution in [0.5, 0.6) is 0 Å². The number of aliphatic hydroxyl groups is 5. The molecule has 0 aromatic heterocycles. The highest BCUT2D eigenvalue weighted by Crippen LogP contribution is 2.26. The maximum absolute atomic E-state index is 13.1. The van der Waals surface area contributed by atoms with Crippen molar-refractivity contribution in [3.8, 4) is 0 Å². The minimum absolute atomic E-state index is 0.222. The molecule has 1 rings (SSSR count). The summed E-state index contributed by atoms with van der Waals surface area (Å²) in [5.41, 5.74) is 0. The smallest absolute Gasteiger partial charge is 0.394 e. The van der Waals surface area contributed by atoms with Gasteiger partial charge in [-0.25, -0.2) is 4.18 Å². The molecule has 0 saturated carbocycles. The van der Waals surface area contributed by atoms with E-state index in [-0.39, 0.29) is 6.42 Å². The fraction of sp³-hybridized carbons (Fsp3) is 0.844. The lowest BCUT2D eigenvalue weighted by molar-refractivity contribution is -0.298. The number of aliphatic hydroxyl groups excluding tert-OH is 5. The Morgan fingerprint density at radius 3 is 1.63 bits per heavy atom. The van der Waals surface area contributed by atoms with E-state index in [1.807, 2.05) is 0 Å². The third-order valence-corrected chi connectivity index (χ3v) is 11.2. The normalized spacial score (nSPS) is 21.8. The fourth-order valence-corrected chi connectivity index (χ4v) is 7.57. The molecule has 7 N–H and O–H groups in total. The number of unbranched alkanes of at least 4 members (excludes halogenated alkanes) is 21. The summed E-state index contributed by atoms with van der Waals surface area (Å²) in [6.45, 7) is 3.18. The van der Waals surface area contributed by atoms with Crippen LogP contribution in [0.3, 0.4) is 0 Å². The molecular formula is C45H83NO12S. The van der Waals surface area contributed by atoms with Gasteiger partial charge in [-0.05, 0) is 57.8 Å². The monoisotopic (exact) mass is 862 g/mol. The second-order valence-electron chi connectivity index (χ2n) is 16.1. The summed E-state index contributed by atoms with van der Waals surface area (Å²) in [4.78, 5) is 13.1. The van der Waals surface area contributed by atoms with Crippen LogP contribution in [0.2, 0.25) is 0 Å². The molecule has 1 heterocycles. The molecule has 1 aliphatic heterocycles. The number of carbonyl (C=O) groups is 1. The lowest BCUT2D eigenvalue weighted by atomic mass is 9.99. The predicted octanol–water partition coefficient (Wildman–Crippen LogP) is 7.69. The number of ether oxygens (including phenoxy) is 2. The third-order valence-electron chi connectivity index (χ3n) is 10.8. The van der Waals surface area contributed by atoms with Gasteiger partial charge >= 0.3 is 10.4 Å². The molecule has 8 atom stereocenters. The quantitative estimate of drug-likeness (QED) is 0.0181. The molecule has 0 bridgehead atoms. The zero-order valence-electron chi connectivity index (χ0n) is 36.4. The Hall–Kier alpha value is -1.72. The topological polar surface area (TPSA) is 212 Å². The van der Waals surface area contributed by atoms with Crippen LogP contribution in [0, 0.1) is 0 Å². The number of rotatable bonds is 38. The highest BCUT2D eigenvalue weighted by Gasteiger charge is 2.48. The van der Waals surface area contributed by atoms with E-state index < -0.39 is 78.5 Å². The van der Waals surface area contributed by atoms with Crippen molar-refractivity contribution in [3.05, 3.63) is 36.5 Å². The van der Waals surface area contributed by atoms with Gasteiger partial charge in [0.25, 0.3) is 0 Å². The van der Waals surface area contributed by atoms with E-state index in [1.165, 1.54) is 102 Å². The molecule has 0 aromatic carbocycles. The number of allylic oxidation sites excluding steroid dienone is 5. The molecule has 59 heavy (non-hydrogen) atoms. The second kappa shape index (κ2) is 35.8. The summed E-state index contributed by atoms with van der Waals surface area (Å²) in [5.74, 6) is -0.722. The van der Waals surface area contributed by atoms with Crippen LogP contribution in [0.1, 0.15) is 181 Å². The van der Waals surface area contributed by atoms with Gasteiger partial charge in [0.05, 0.1) is 25.4 Å². The maximum Gasteiger partial charge on any atom is 0.397 e. The molecule has 0 radical (unpaired) electrons. The van der Waals surface area contributed by atoms with Crippen molar-refractivity contribution >= 4 is 16.3 Å². The molecule has 13 nitrogen and oxygen atoms in total. The first kappa shape index (κ1) is 55.3. The Morgan fingerprint density at radius 1 is 0.678 bits per heavy atom. The summed E-state index contributed by atoms with van der Waals surface area (Å²) in [6.07, 6.45) is 29.4. The van der Waals surface area contributed by atoms with Crippen LogP contribution >= 0.6 is 0 Å². The minimum Gasteiger partial charge on any atom is -0.394 e. The van der Waals surface area contributed by atoms with Gasteiger partial charge in [-0.1, -0.05) is 159 Å². The van der Waals surface area contributed by atoms with E-state index in [0.29, 0.717) is 12.8 Å². The molecule has 8 unspecified atom stereocenters. The first-order valence-corrected chi connectivity index (χ1v) is 24.3. The van der Waals surface area contributed by atoms with Gasteiger partial charge in [0.15, 0.2) is 6.29 Å². The van der Waals surface area contributed by atoms with Crippen molar-refractivity contribution in [1.82, 2.24) is 5.32 Å². The SMILES string of the molecule is CCCCCCCCC/C=C\CCCCCCC(O)C(=O)NC(COC1OC(CO)C(O)C(OS(=O)(=O)O)C1O)C(O)/C=C/CC/C=C/CCCCCCCCCCC. The maximum atomic E-state index is 13.1. The van der Waals surface area contributed by atoms with Gasteiger partial charge < -0.3 is 40.3 Å². The summed E-state index contributed by atoms with van der Waals surface area (Å²) in [6, 6.07) is -1.14. The third kappa shape index (κ3) is 28.5. The van der Waals surface area contributed by atoms with Gasteiger partial charge in [0.1, 0.15) is 30.5 Å². The van der Waals surface area contributed by atoms with Crippen LogP contribution < -0.4 is 5.32 Å². The molecule has 0 aromatic rings. The number of amides is 1. The Bertz CT molecular complexity index is 1220. The summed E-state index contributed by atoms with van der Waals surface area (Å²) < 4.78 is 47.4. The molecule has 1 aliphatic rings. The first-order chi connectivity index (χ1) is 28.4. The van der Waals surface area contributed by atoms with Gasteiger partial charge in [-0.15, -0.1) is 0 Å². The molecule has 14 heteroatoms. The van der Waals surface area contributed by atoms with Crippen molar-refractivity contribution in [2.75, 3.05) is 13.2 Å². The largest absolute Gasteiger partial charge is 0.397 e. The molecule has 0 spiro atoms. The molecule has 1 fully saturated rings. The number of hydrogen-bond acceptors (Lipinski definition) is 11. The standard InChI is InChI=1S/C45H83NO12S/c1-3-5-7-9-11-13-15-17-19-21-23-25-27-29-31-33-38(48)37(36-56-45-42(51)43(58-59(53,54)55)41(50)40(35-47)57-45)46-44(52)39(49)34-32-30-28-26-24-22-20-18-16-14-12-10-8-6-4-2/h20,22-23,25,31,33,37-43,45,47-51H,3-19,21,24,26-30,32,34-36H2,1-2H3,(H,46,52)(H,53,54,55)/b22-20-,25-23+,33-31+. The highest BCUT2D eigenvalue weighted by atomic mass is 32.3. The van der Waals surface area contributed by atoms with E-state index in [1.54, 1.807) is 6.08 Å². The average molecular weight is 862 g/mol. The minimum atomic E-state index is -5.12. The van der Waals surface area contributed by atoms with E-state index in [0.717, 1.165) is 51.4 Å². The van der Waals surface area contributed by atoms with E-state index in [9.17, 15) is 43.3 Å². The number of hydrogen-bond donors (Lipinski definition) is 7. The molecule has 0 aliphatic carbocycles. The summed E-state index contributed by atoms with van der Waals surface area (Å²) in [7, 11) is -5.12. The van der Waals surface area contributed by atoms with Crippen LogP contribution in [0.15, 0.2) is 36.5 Å². The fourth-order valence-electron chi connectivity index (χ4n) is 7.06. The van der Waals surface area contributed by atoms with Crippen molar-refractivity contribution < 1.29 is 57.0 Å².